The van der Waals surface area contributed by atoms with Gasteiger partial charge < -0.3 is 24.4 Å². The SMILES string of the molecule is CC(=O)N1c2ccc(-c3ccc(C4(O)COC4)cc3)cc2N(C(=O)C2CCC(C3CCCC3)O2)C[C@@H]1C. The molecule has 0 aromatic heterocycles. The zero-order valence-corrected chi connectivity index (χ0v) is 21.7. The quantitative estimate of drug-likeness (QED) is 0.668. The molecule has 4 aliphatic rings. The molecule has 196 valence electrons. The second-order valence-electron chi connectivity index (χ2n) is 11.3. The summed E-state index contributed by atoms with van der Waals surface area (Å²) in [6.07, 6.45) is 6.39. The average molecular weight is 505 g/mol. The minimum atomic E-state index is -0.909. The van der Waals surface area contributed by atoms with Crippen LogP contribution >= 0.6 is 0 Å². The van der Waals surface area contributed by atoms with Gasteiger partial charge in [0.2, 0.25) is 5.91 Å². The fourth-order valence-electron chi connectivity index (χ4n) is 6.62. The van der Waals surface area contributed by atoms with E-state index in [2.05, 4.69) is 0 Å². The number of amides is 2. The summed E-state index contributed by atoms with van der Waals surface area (Å²) >= 11 is 0. The number of fused-ring (bicyclic) bond motifs is 1. The standard InChI is InChI=1S/C30H36N2O5/c1-19-16-31(29(34)28-14-13-27(37-28)22-5-3-4-6-22)26-15-23(9-12-25(26)32(19)20(2)33)21-7-10-24(11-8-21)30(35)17-36-18-30/h7-12,15,19,22,27-28,35H,3-6,13-14,16-18H2,1-2H3/t19-,27?,28?/m0/s1. The highest BCUT2D eigenvalue weighted by atomic mass is 16.5. The van der Waals surface area contributed by atoms with Crippen molar-refractivity contribution in [2.75, 3.05) is 29.6 Å². The van der Waals surface area contributed by atoms with Gasteiger partial charge in [-0.05, 0) is 67.3 Å². The Bertz CT molecular complexity index is 1180. The van der Waals surface area contributed by atoms with Crippen molar-refractivity contribution >= 4 is 23.2 Å². The molecule has 6 rings (SSSR count). The normalized spacial score (nSPS) is 27.2. The number of hydrogen-bond donors (Lipinski definition) is 1. The van der Waals surface area contributed by atoms with Crippen LogP contribution in [0.1, 0.15) is 57.9 Å². The summed E-state index contributed by atoms with van der Waals surface area (Å²) in [5.41, 5.74) is 3.37. The first kappa shape index (κ1) is 24.6. The van der Waals surface area contributed by atoms with E-state index in [0.717, 1.165) is 40.9 Å². The summed E-state index contributed by atoms with van der Waals surface area (Å²) in [6.45, 7) is 4.63. The van der Waals surface area contributed by atoms with Crippen molar-refractivity contribution in [3.63, 3.8) is 0 Å². The molecule has 2 aromatic carbocycles. The van der Waals surface area contributed by atoms with Crippen LogP contribution in [0.2, 0.25) is 0 Å². The number of benzene rings is 2. The minimum Gasteiger partial charge on any atom is -0.380 e. The number of rotatable bonds is 4. The van der Waals surface area contributed by atoms with Gasteiger partial charge in [0, 0.05) is 13.5 Å². The molecule has 3 aliphatic heterocycles. The van der Waals surface area contributed by atoms with Gasteiger partial charge in [-0.2, -0.15) is 0 Å². The third-order valence-electron chi connectivity index (χ3n) is 8.71. The van der Waals surface area contributed by atoms with E-state index in [4.69, 9.17) is 9.47 Å². The van der Waals surface area contributed by atoms with E-state index in [1.165, 1.54) is 25.7 Å². The van der Waals surface area contributed by atoms with E-state index >= 15 is 0 Å². The number of aliphatic hydroxyl groups is 1. The first-order valence-electron chi connectivity index (χ1n) is 13.7. The molecule has 0 spiro atoms. The Hall–Kier alpha value is -2.74. The third kappa shape index (κ3) is 4.37. The van der Waals surface area contributed by atoms with Crippen molar-refractivity contribution in [2.24, 2.45) is 5.92 Å². The minimum absolute atomic E-state index is 0.00324. The van der Waals surface area contributed by atoms with Gasteiger partial charge in [0.15, 0.2) is 0 Å². The molecule has 3 atom stereocenters. The molecular formula is C30H36N2O5. The lowest BCUT2D eigenvalue weighted by Crippen LogP contribution is -2.53. The van der Waals surface area contributed by atoms with Gasteiger partial charge >= 0.3 is 0 Å². The molecule has 3 fully saturated rings. The highest BCUT2D eigenvalue weighted by Gasteiger charge is 2.42. The Morgan fingerprint density at radius 1 is 0.946 bits per heavy atom. The fraction of sp³-hybridized carbons (Fsp3) is 0.533. The molecule has 2 aromatic rings. The van der Waals surface area contributed by atoms with E-state index < -0.39 is 11.7 Å². The molecule has 2 amide bonds. The van der Waals surface area contributed by atoms with Crippen molar-refractivity contribution in [3.8, 4) is 11.1 Å². The van der Waals surface area contributed by atoms with E-state index in [1.54, 1.807) is 11.8 Å². The van der Waals surface area contributed by atoms with Gasteiger partial charge in [0.05, 0.1) is 36.7 Å². The predicted molar refractivity (Wildman–Crippen MR) is 141 cm³/mol. The summed E-state index contributed by atoms with van der Waals surface area (Å²) in [5, 5.41) is 10.6. The molecule has 2 saturated heterocycles. The van der Waals surface area contributed by atoms with Gasteiger partial charge in [-0.25, -0.2) is 0 Å². The van der Waals surface area contributed by atoms with Gasteiger partial charge in [0.25, 0.3) is 5.91 Å². The van der Waals surface area contributed by atoms with E-state index in [0.29, 0.717) is 25.7 Å². The van der Waals surface area contributed by atoms with Gasteiger partial charge in [0.1, 0.15) is 11.7 Å². The number of hydrogen-bond acceptors (Lipinski definition) is 5. The van der Waals surface area contributed by atoms with Crippen LogP contribution in [0, 0.1) is 5.92 Å². The number of nitrogens with zero attached hydrogens (tertiary/aromatic N) is 2. The predicted octanol–water partition coefficient (Wildman–Crippen LogP) is 4.40. The molecule has 1 N–H and O–H groups in total. The van der Waals surface area contributed by atoms with Crippen molar-refractivity contribution in [1.29, 1.82) is 0 Å². The lowest BCUT2D eigenvalue weighted by molar-refractivity contribution is -0.184. The van der Waals surface area contributed by atoms with Crippen LogP contribution in [0.5, 0.6) is 0 Å². The second kappa shape index (κ2) is 9.53. The van der Waals surface area contributed by atoms with Gasteiger partial charge in [-0.3, -0.25) is 9.59 Å². The smallest absolute Gasteiger partial charge is 0.256 e. The molecule has 0 bridgehead atoms. The summed E-state index contributed by atoms with van der Waals surface area (Å²) < 4.78 is 11.5. The monoisotopic (exact) mass is 504 g/mol. The zero-order valence-electron chi connectivity index (χ0n) is 21.7. The second-order valence-corrected chi connectivity index (χ2v) is 11.3. The highest BCUT2D eigenvalue weighted by Crippen LogP contribution is 2.42. The first-order chi connectivity index (χ1) is 17.8. The van der Waals surface area contributed by atoms with Crippen molar-refractivity contribution < 1.29 is 24.2 Å². The Kier molecular flexibility index (Phi) is 6.33. The summed E-state index contributed by atoms with van der Waals surface area (Å²) in [5.74, 6) is 0.543. The molecule has 37 heavy (non-hydrogen) atoms. The van der Waals surface area contributed by atoms with Crippen LogP contribution in [0.15, 0.2) is 42.5 Å². The molecule has 2 unspecified atom stereocenters. The molecule has 0 radical (unpaired) electrons. The van der Waals surface area contributed by atoms with Crippen LogP contribution < -0.4 is 9.80 Å². The number of ether oxygens (including phenoxy) is 2. The van der Waals surface area contributed by atoms with Gasteiger partial charge in [-0.1, -0.05) is 43.2 Å². The molecule has 1 saturated carbocycles. The first-order valence-corrected chi connectivity index (χ1v) is 13.7. The highest BCUT2D eigenvalue weighted by molar-refractivity contribution is 6.06. The topological polar surface area (TPSA) is 79.3 Å². The molecular weight excluding hydrogens is 468 g/mol. The molecule has 3 heterocycles. The largest absolute Gasteiger partial charge is 0.380 e. The Balaban J connectivity index is 1.30. The lowest BCUT2D eigenvalue weighted by Gasteiger charge is -2.41. The summed E-state index contributed by atoms with van der Waals surface area (Å²) in [4.78, 5) is 30.1. The molecule has 1 aliphatic carbocycles. The van der Waals surface area contributed by atoms with E-state index in [1.807, 2.05) is 54.3 Å². The molecule has 7 heteroatoms. The number of carbonyl (C=O) groups is 2. The van der Waals surface area contributed by atoms with Crippen molar-refractivity contribution in [3.05, 3.63) is 48.0 Å². The Morgan fingerprint density at radius 2 is 1.65 bits per heavy atom. The van der Waals surface area contributed by atoms with Crippen molar-refractivity contribution in [2.45, 2.75) is 76.2 Å². The van der Waals surface area contributed by atoms with E-state index in [9.17, 15) is 14.7 Å². The Morgan fingerprint density at radius 3 is 2.30 bits per heavy atom. The number of carbonyl (C=O) groups excluding carboxylic acids is 2. The Labute approximate surface area is 218 Å². The maximum Gasteiger partial charge on any atom is 0.256 e. The fourth-order valence-corrected chi connectivity index (χ4v) is 6.62. The average Bonchev–Trinajstić information content (AvgIpc) is 3.58. The lowest BCUT2D eigenvalue weighted by atomic mass is 9.90. The van der Waals surface area contributed by atoms with Crippen LogP contribution in [0.25, 0.3) is 11.1 Å². The summed E-state index contributed by atoms with van der Waals surface area (Å²) in [6, 6.07) is 13.7. The van der Waals surface area contributed by atoms with E-state index in [-0.39, 0.29) is 24.0 Å². The summed E-state index contributed by atoms with van der Waals surface area (Å²) in [7, 11) is 0. The maximum absolute atomic E-state index is 13.8. The number of anilines is 2. The third-order valence-corrected chi connectivity index (χ3v) is 8.71. The van der Waals surface area contributed by atoms with Crippen LogP contribution in [-0.2, 0) is 24.7 Å². The van der Waals surface area contributed by atoms with Crippen LogP contribution in [0.3, 0.4) is 0 Å². The van der Waals surface area contributed by atoms with Crippen LogP contribution in [-0.4, -0.2) is 54.9 Å². The maximum atomic E-state index is 13.8. The van der Waals surface area contributed by atoms with Gasteiger partial charge in [-0.15, -0.1) is 0 Å². The zero-order chi connectivity index (χ0) is 25.7. The van der Waals surface area contributed by atoms with Crippen LogP contribution in [0.4, 0.5) is 11.4 Å². The molecule has 7 nitrogen and oxygen atoms in total. The van der Waals surface area contributed by atoms with Crippen molar-refractivity contribution in [1.82, 2.24) is 0 Å².